The lowest BCUT2D eigenvalue weighted by Crippen LogP contribution is -2.52. The molecule has 0 rings (SSSR count). The molecule has 0 aliphatic carbocycles. The number of hydrazine groups is 1. The molecule has 0 heterocycles. The molecule has 0 unspecified atom stereocenters. The molecule has 0 aromatic carbocycles. The van der Waals surface area contributed by atoms with Gasteiger partial charge >= 0.3 is 5.97 Å². The molecule has 0 atom stereocenters. The maximum atomic E-state index is 11.1. The van der Waals surface area contributed by atoms with E-state index in [1.54, 1.807) is 29.9 Å². The number of hydrogen-bond acceptors (Lipinski definition) is 3. The monoisotopic (exact) mass is 259 g/mol. The summed E-state index contributed by atoms with van der Waals surface area (Å²) in [6.07, 6.45) is 1.70. The highest BCUT2D eigenvalue weighted by molar-refractivity contribution is 7.80. The summed E-state index contributed by atoms with van der Waals surface area (Å²) in [7, 11) is 3.64. The van der Waals surface area contributed by atoms with E-state index in [9.17, 15) is 4.79 Å². The highest BCUT2D eigenvalue weighted by atomic mass is 32.1. The van der Waals surface area contributed by atoms with E-state index in [2.05, 4.69) is 11.9 Å². The Morgan fingerprint density at radius 2 is 2.06 bits per heavy atom. The lowest BCUT2D eigenvalue weighted by Gasteiger charge is -2.36. The summed E-state index contributed by atoms with van der Waals surface area (Å²) >= 11 is 5.20. The van der Waals surface area contributed by atoms with Crippen LogP contribution in [0.5, 0.6) is 0 Å². The molecular weight excluding hydrogens is 238 g/mol. The summed E-state index contributed by atoms with van der Waals surface area (Å²) in [4.78, 5) is 11.1. The Hall–Kier alpha value is -1.14. The van der Waals surface area contributed by atoms with E-state index in [1.807, 2.05) is 14.1 Å². The predicted octanol–water partition coefficient (Wildman–Crippen LogP) is 0.936. The van der Waals surface area contributed by atoms with Crippen molar-refractivity contribution in [3.63, 3.8) is 0 Å². The van der Waals surface area contributed by atoms with Crippen molar-refractivity contribution in [1.29, 1.82) is 0 Å². The van der Waals surface area contributed by atoms with Crippen LogP contribution in [0.3, 0.4) is 0 Å². The van der Waals surface area contributed by atoms with Crippen LogP contribution in [0, 0.1) is 5.41 Å². The molecule has 0 aliphatic heterocycles. The second-order valence-electron chi connectivity index (χ2n) is 4.57. The SMILES string of the molecule is C=CCNC(=S)N(CC(C)(C)C(=O)O)N(C)C. The highest BCUT2D eigenvalue weighted by Gasteiger charge is 2.31. The Kier molecular flexibility index (Phi) is 6.12. The van der Waals surface area contributed by atoms with Crippen LogP contribution in [0.15, 0.2) is 12.7 Å². The molecule has 0 bridgehead atoms. The van der Waals surface area contributed by atoms with Crippen molar-refractivity contribution >= 4 is 23.3 Å². The standard InChI is InChI=1S/C11H21N3O2S/c1-6-7-12-10(17)14(13(4)5)8-11(2,3)9(15)16/h6H,1,7-8H2,2-5H3,(H,12,17)(H,15,16). The van der Waals surface area contributed by atoms with Gasteiger partial charge in [0.15, 0.2) is 5.11 Å². The molecule has 6 heteroatoms. The van der Waals surface area contributed by atoms with E-state index in [1.165, 1.54) is 0 Å². The summed E-state index contributed by atoms with van der Waals surface area (Å²) in [5, 5.41) is 16.1. The number of carboxylic acids is 1. The average Bonchev–Trinajstić information content (AvgIpc) is 2.22. The average molecular weight is 259 g/mol. The second-order valence-corrected chi connectivity index (χ2v) is 4.96. The molecule has 0 saturated heterocycles. The summed E-state index contributed by atoms with van der Waals surface area (Å²) in [5.74, 6) is -0.851. The maximum Gasteiger partial charge on any atom is 0.310 e. The lowest BCUT2D eigenvalue weighted by atomic mass is 9.94. The minimum absolute atomic E-state index is 0.304. The first-order chi connectivity index (χ1) is 7.72. The van der Waals surface area contributed by atoms with Crippen molar-refractivity contribution < 1.29 is 9.90 Å². The molecule has 17 heavy (non-hydrogen) atoms. The van der Waals surface area contributed by atoms with Gasteiger partial charge in [0.05, 0.1) is 12.0 Å². The predicted molar refractivity (Wildman–Crippen MR) is 72.6 cm³/mol. The van der Waals surface area contributed by atoms with Gasteiger partial charge in [0, 0.05) is 20.6 Å². The third-order valence-electron chi connectivity index (χ3n) is 2.24. The van der Waals surface area contributed by atoms with Crippen molar-refractivity contribution in [2.75, 3.05) is 27.2 Å². The summed E-state index contributed by atoms with van der Waals surface area (Å²) in [6, 6.07) is 0. The summed E-state index contributed by atoms with van der Waals surface area (Å²) in [6.45, 7) is 7.78. The van der Waals surface area contributed by atoms with Gasteiger partial charge in [-0.25, -0.2) is 5.01 Å². The molecule has 98 valence electrons. The van der Waals surface area contributed by atoms with Gasteiger partial charge in [0.2, 0.25) is 0 Å². The van der Waals surface area contributed by atoms with Gasteiger partial charge in [-0.05, 0) is 26.1 Å². The minimum Gasteiger partial charge on any atom is -0.481 e. The van der Waals surface area contributed by atoms with Crippen LogP contribution < -0.4 is 5.32 Å². The van der Waals surface area contributed by atoms with Crippen molar-refractivity contribution in [2.24, 2.45) is 5.41 Å². The third kappa shape index (κ3) is 5.14. The zero-order valence-electron chi connectivity index (χ0n) is 10.9. The molecule has 0 saturated carbocycles. The number of thiocarbonyl (C=S) groups is 1. The first-order valence-corrected chi connectivity index (χ1v) is 5.70. The largest absolute Gasteiger partial charge is 0.481 e. The molecule has 0 aromatic rings. The van der Waals surface area contributed by atoms with E-state index in [-0.39, 0.29) is 0 Å². The Morgan fingerprint density at radius 3 is 2.41 bits per heavy atom. The van der Waals surface area contributed by atoms with Gasteiger partial charge in [0.1, 0.15) is 0 Å². The molecule has 0 radical (unpaired) electrons. The molecule has 0 fully saturated rings. The molecular formula is C11H21N3O2S. The Morgan fingerprint density at radius 1 is 1.53 bits per heavy atom. The first-order valence-electron chi connectivity index (χ1n) is 5.29. The quantitative estimate of drug-likeness (QED) is 0.420. The van der Waals surface area contributed by atoms with Gasteiger partial charge in [0.25, 0.3) is 0 Å². The fraction of sp³-hybridized carbons (Fsp3) is 0.636. The topological polar surface area (TPSA) is 55.8 Å². The lowest BCUT2D eigenvalue weighted by molar-refractivity contribution is -0.148. The van der Waals surface area contributed by atoms with E-state index in [0.717, 1.165) is 0 Å². The number of aliphatic carboxylic acids is 1. The number of nitrogens with zero attached hydrogens (tertiary/aromatic N) is 2. The molecule has 5 nitrogen and oxygen atoms in total. The summed E-state index contributed by atoms with van der Waals surface area (Å²) < 4.78 is 0. The van der Waals surface area contributed by atoms with Crippen molar-refractivity contribution in [1.82, 2.24) is 15.3 Å². The van der Waals surface area contributed by atoms with Crippen LogP contribution in [0.1, 0.15) is 13.8 Å². The zero-order valence-corrected chi connectivity index (χ0v) is 11.7. The number of carbonyl (C=O) groups is 1. The van der Waals surface area contributed by atoms with E-state index in [0.29, 0.717) is 18.2 Å². The van der Waals surface area contributed by atoms with Gasteiger partial charge < -0.3 is 10.4 Å². The van der Waals surface area contributed by atoms with Gasteiger partial charge in [-0.1, -0.05) is 6.08 Å². The molecule has 0 spiro atoms. The number of carboxylic acid groups (broad SMARTS) is 1. The number of rotatable bonds is 6. The van der Waals surface area contributed by atoms with Crippen molar-refractivity contribution in [2.45, 2.75) is 13.8 Å². The van der Waals surface area contributed by atoms with E-state index >= 15 is 0 Å². The first kappa shape index (κ1) is 15.9. The van der Waals surface area contributed by atoms with Crippen LogP contribution >= 0.6 is 12.2 Å². The van der Waals surface area contributed by atoms with Crippen LogP contribution in [0.25, 0.3) is 0 Å². The fourth-order valence-electron chi connectivity index (χ4n) is 1.09. The molecule has 2 N–H and O–H groups in total. The smallest absolute Gasteiger partial charge is 0.310 e. The molecule has 0 amide bonds. The summed E-state index contributed by atoms with van der Waals surface area (Å²) in [5.41, 5.74) is -0.871. The van der Waals surface area contributed by atoms with E-state index < -0.39 is 11.4 Å². The van der Waals surface area contributed by atoms with Crippen LogP contribution in [0.4, 0.5) is 0 Å². The third-order valence-corrected chi connectivity index (χ3v) is 2.59. The van der Waals surface area contributed by atoms with Gasteiger partial charge in [-0.15, -0.1) is 6.58 Å². The van der Waals surface area contributed by atoms with Crippen molar-refractivity contribution in [3.8, 4) is 0 Å². The van der Waals surface area contributed by atoms with Crippen LogP contribution in [-0.4, -0.2) is 53.4 Å². The highest BCUT2D eigenvalue weighted by Crippen LogP contribution is 2.17. The van der Waals surface area contributed by atoms with Crippen molar-refractivity contribution in [3.05, 3.63) is 12.7 Å². The maximum absolute atomic E-state index is 11.1. The fourth-order valence-corrected chi connectivity index (χ4v) is 1.40. The Bertz CT molecular complexity index is 303. The molecule has 0 aliphatic rings. The normalized spacial score (nSPS) is 11.1. The molecule has 0 aromatic heterocycles. The number of hydrogen-bond donors (Lipinski definition) is 2. The van der Waals surface area contributed by atoms with Crippen LogP contribution in [-0.2, 0) is 4.79 Å². The Labute approximate surface area is 108 Å². The number of nitrogens with one attached hydrogen (secondary N) is 1. The zero-order chi connectivity index (χ0) is 13.6. The van der Waals surface area contributed by atoms with E-state index in [4.69, 9.17) is 17.3 Å². The second kappa shape index (κ2) is 6.56. The van der Waals surface area contributed by atoms with Gasteiger partial charge in [-0.3, -0.25) is 9.80 Å². The Balaban J connectivity index is 4.70. The van der Waals surface area contributed by atoms with Crippen LogP contribution in [0.2, 0.25) is 0 Å². The van der Waals surface area contributed by atoms with Gasteiger partial charge in [-0.2, -0.15) is 0 Å². The minimum atomic E-state index is -0.871.